The number of hydrogen-bond acceptors (Lipinski definition) is 8. The Labute approximate surface area is 303 Å². The van der Waals surface area contributed by atoms with E-state index in [0.29, 0.717) is 67.4 Å². The van der Waals surface area contributed by atoms with Gasteiger partial charge < -0.3 is 29.9 Å². The lowest BCUT2D eigenvalue weighted by Crippen LogP contribution is -2.53. The van der Waals surface area contributed by atoms with Gasteiger partial charge in [0.15, 0.2) is 5.78 Å². The molecule has 1 fully saturated rings. The number of fused-ring (bicyclic) bond motifs is 8. The number of alkyl halides is 3. The van der Waals surface area contributed by atoms with E-state index in [2.05, 4.69) is 17.7 Å². The third-order valence-corrected chi connectivity index (χ3v) is 11.0. The SMILES string of the molecule is COc1ccc(C(=O)c2cc3ccc2[C@@H]2CC[C@@](O)(CN(Cc4ccc(OC(F)(F)F)cc4)C[C@H](O)CO)[C@@]2(C)CCC=C(C)CC[C@H](O)C3)cc1. The molecular formula is C41H50F3NO7. The first-order chi connectivity index (χ1) is 24.6. The Bertz CT molecular complexity index is 1690. The Morgan fingerprint density at radius 1 is 1.02 bits per heavy atom. The van der Waals surface area contributed by atoms with E-state index < -0.39 is 36.2 Å². The summed E-state index contributed by atoms with van der Waals surface area (Å²) in [4.78, 5) is 16.1. The highest BCUT2D eigenvalue weighted by Crippen LogP contribution is 2.59. The number of rotatable bonds is 11. The normalized spacial score (nSPS) is 24.6. The smallest absolute Gasteiger partial charge is 0.497 e. The van der Waals surface area contributed by atoms with Crippen LogP contribution in [0.15, 0.2) is 78.4 Å². The number of aliphatic hydroxyl groups is 4. The zero-order valence-corrected chi connectivity index (χ0v) is 30.0. The summed E-state index contributed by atoms with van der Waals surface area (Å²) >= 11 is 0. The molecule has 0 aliphatic heterocycles. The van der Waals surface area contributed by atoms with Crippen molar-refractivity contribution in [1.82, 2.24) is 4.90 Å². The highest BCUT2D eigenvalue weighted by atomic mass is 19.4. The van der Waals surface area contributed by atoms with Crippen molar-refractivity contribution in [3.63, 3.8) is 0 Å². The molecule has 0 radical (unpaired) electrons. The predicted octanol–water partition coefficient (Wildman–Crippen LogP) is 6.72. The van der Waals surface area contributed by atoms with Crippen LogP contribution in [0.4, 0.5) is 13.2 Å². The summed E-state index contributed by atoms with van der Waals surface area (Å²) in [5, 5.41) is 44.0. The Morgan fingerprint density at radius 3 is 2.37 bits per heavy atom. The Hall–Kier alpha value is -3.74. The molecule has 3 aliphatic carbocycles. The summed E-state index contributed by atoms with van der Waals surface area (Å²) in [7, 11) is 1.56. The number of carbonyl (C=O) groups is 1. The van der Waals surface area contributed by atoms with Gasteiger partial charge in [0.25, 0.3) is 0 Å². The second kappa shape index (κ2) is 16.5. The van der Waals surface area contributed by atoms with E-state index in [1.165, 1.54) is 24.3 Å². The summed E-state index contributed by atoms with van der Waals surface area (Å²) in [6, 6.07) is 18.2. The van der Waals surface area contributed by atoms with Gasteiger partial charge in [0.05, 0.1) is 31.5 Å². The number of ether oxygens (including phenoxy) is 2. The number of hydrogen-bond donors (Lipinski definition) is 4. The van der Waals surface area contributed by atoms with Gasteiger partial charge >= 0.3 is 6.36 Å². The maximum absolute atomic E-state index is 14.3. The first-order valence-corrected chi connectivity index (χ1v) is 17.9. The van der Waals surface area contributed by atoms with Crippen LogP contribution in [0.1, 0.15) is 90.9 Å². The molecule has 11 heteroatoms. The van der Waals surface area contributed by atoms with Gasteiger partial charge in [-0.3, -0.25) is 9.69 Å². The second-order valence-electron chi connectivity index (χ2n) is 14.7. The summed E-state index contributed by atoms with van der Waals surface area (Å²) < 4.78 is 47.7. The molecule has 5 atom stereocenters. The number of nitrogens with zero attached hydrogens (tertiary/aromatic N) is 1. The average molecular weight is 726 g/mol. The van der Waals surface area contributed by atoms with E-state index >= 15 is 0 Å². The third kappa shape index (κ3) is 9.43. The molecule has 0 saturated heterocycles. The van der Waals surface area contributed by atoms with Crippen LogP contribution in [0, 0.1) is 5.41 Å². The quantitative estimate of drug-likeness (QED) is 0.127. The molecule has 3 aliphatic rings. The van der Waals surface area contributed by atoms with Crippen LogP contribution in [0.5, 0.6) is 11.5 Å². The molecule has 3 aromatic carbocycles. The number of methoxy groups -OCH3 is 1. The molecule has 6 rings (SSSR count). The van der Waals surface area contributed by atoms with Crippen LogP contribution >= 0.6 is 0 Å². The van der Waals surface area contributed by atoms with Crippen LogP contribution in [0.2, 0.25) is 0 Å². The highest BCUT2D eigenvalue weighted by molar-refractivity contribution is 6.10. The van der Waals surface area contributed by atoms with Crippen molar-refractivity contribution in [3.8, 4) is 11.5 Å². The molecule has 2 bridgehead atoms. The molecular weight excluding hydrogens is 675 g/mol. The molecule has 0 aromatic heterocycles. The fraction of sp³-hybridized carbons (Fsp3) is 0.488. The summed E-state index contributed by atoms with van der Waals surface area (Å²) in [5.41, 5.74) is 2.37. The highest BCUT2D eigenvalue weighted by Gasteiger charge is 2.57. The Morgan fingerprint density at radius 2 is 1.71 bits per heavy atom. The van der Waals surface area contributed by atoms with Crippen LogP contribution < -0.4 is 9.47 Å². The van der Waals surface area contributed by atoms with Gasteiger partial charge in [-0.1, -0.05) is 42.8 Å². The molecule has 0 unspecified atom stereocenters. The molecule has 282 valence electrons. The van der Waals surface area contributed by atoms with Crippen molar-refractivity contribution in [2.75, 3.05) is 26.8 Å². The molecule has 0 spiro atoms. The third-order valence-electron chi connectivity index (χ3n) is 11.0. The number of halogens is 3. The largest absolute Gasteiger partial charge is 0.573 e. The van der Waals surface area contributed by atoms with E-state index in [0.717, 1.165) is 16.7 Å². The molecule has 1 saturated carbocycles. The van der Waals surface area contributed by atoms with Crippen LogP contribution in [0.25, 0.3) is 0 Å². The minimum Gasteiger partial charge on any atom is -0.497 e. The molecule has 4 N–H and O–H groups in total. The lowest BCUT2D eigenvalue weighted by atomic mass is 9.64. The van der Waals surface area contributed by atoms with Crippen molar-refractivity contribution in [3.05, 3.63) is 106 Å². The molecule has 8 nitrogen and oxygen atoms in total. The maximum Gasteiger partial charge on any atom is 0.573 e. The van der Waals surface area contributed by atoms with Gasteiger partial charge in [0.2, 0.25) is 0 Å². The number of benzene rings is 3. The summed E-state index contributed by atoms with van der Waals surface area (Å²) in [6.07, 6.45) is -0.500. The van der Waals surface area contributed by atoms with Crippen molar-refractivity contribution in [2.45, 2.75) is 95.4 Å². The van der Waals surface area contributed by atoms with Crippen molar-refractivity contribution < 1.29 is 47.9 Å². The Kier molecular flexibility index (Phi) is 12.5. The maximum atomic E-state index is 14.3. The van der Waals surface area contributed by atoms with Gasteiger partial charge in [0, 0.05) is 36.2 Å². The van der Waals surface area contributed by atoms with E-state index in [9.17, 15) is 38.4 Å². The summed E-state index contributed by atoms with van der Waals surface area (Å²) in [5.74, 6) is -0.137. The van der Waals surface area contributed by atoms with Gasteiger partial charge in [-0.05, 0) is 117 Å². The van der Waals surface area contributed by atoms with Crippen molar-refractivity contribution in [1.29, 1.82) is 0 Å². The molecule has 0 amide bonds. The minimum absolute atomic E-state index is 0.0115. The van der Waals surface area contributed by atoms with Crippen LogP contribution in [0.3, 0.4) is 0 Å². The van der Waals surface area contributed by atoms with Crippen molar-refractivity contribution in [2.24, 2.45) is 5.41 Å². The van der Waals surface area contributed by atoms with Gasteiger partial charge in [0.1, 0.15) is 11.5 Å². The first kappa shape index (κ1) is 39.5. The van der Waals surface area contributed by atoms with E-state index in [-0.39, 0.29) is 37.1 Å². The lowest BCUT2D eigenvalue weighted by Gasteiger charge is -2.46. The number of allylic oxidation sites excluding steroid dienone is 2. The second-order valence-corrected chi connectivity index (χ2v) is 14.7. The van der Waals surface area contributed by atoms with E-state index in [1.54, 1.807) is 31.4 Å². The topological polar surface area (TPSA) is 120 Å². The monoisotopic (exact) mass is 725 g/mol. The zero-order valence-electron chi connectivity index (χ0n) is 30.0. The van der Waals surface area contributed by atoms with Gasteiger partial charge in [-0.25, -0.2) is 0 Å². The summed E-state index contributed by atoms with van der Waals surface area (Å²) in [6.45, 7) is 3.90. The fourth-order valence-corrected chi connectivity index (χ4v) is 8.06. The molecule has 52 heavy (non-hydrogen) atoms. The van der Waals surface area contributed by atoms with E-state index in [4.69, 9.17) is 4.74 Å². The predicted molar refractivity (Wildman–Crippen MR) is 191 cm³/mol. The standard InChI is InChI=1S/C41H50F3NO7/c1-27-5-4-19-39(2)37(35-17-9-29(21-31(47)12-6-27)22-36(35)38(49)30-10-15-33(51-3)16-11-30)18-20-40(39,50)26-45(24-32(48)25-46)23-28-7-13-34(14-8-28)52-41(42,43)44/h5,7-11,13-17,22,31-32,37,46-48,50H,4,6,12,18-21,23-26H2,1-3H3/t31-,32-,37-,39-,40+/m0/s1. The fourth-order valence-electron chi connectivity index (χ4n) is 8.06. The zero-order chi connectivity index (χ0) is 37.7. The molecule has 0 heterocycles. The molecule has 3 aromatic rings. The van der Waals surface area contributed by atoms with Gasteiger partial charge in [-0.2, -0.15) is 0 Å². The lowest BCUT2D eigenvalue weighted by molar-refractivity contribution is -0.274. The van der Waals surface area contributed by atoms with Crippen LogP contribution in [-0.2, 0) is 13.0 Å². The average Bonchev–Trinajstić information content (AvgIpc) is 3.35. The number of aliphatic hydroxyl groups excluding tert-OH is 3. The van der Waals surface area contributed by atoms with E-state index in [1.807, 2.05) is 30.0 Å². The first-order valence-electron chi connectivity index (χ1n) is 17.9. The van der Waals surface area contributed by atoms with Crippen LogP contribution in [-0.4, -0.2) is 82.1 Å². The minimum atomic E-state index is -4.82. The number of carbonyl (C=O) groups excluding carboxylic acids is 1. The number of ketones is 1. The van der Waals surface area contributed by atoms with Crippen molar-refractivity contribution >= 4 is 5.78 Å². The Balaban J connectivity index is 1.54. The van der Waals surface area contributed by atoms with Gasteiger partial charge in [-0.15, -0.1) is 13.2 Å².